The first kappa shape index (κ1) is 14.4. The number of benzene rings is 1. The minimum absolute atomic E-state index is 0.230. The summed E-state index contributed by atoms with van der Waals surface area (Å²) < 4.78 is 0. The SMILES string of the molecule is Cc1cc(O)c(C(=O)Nc2ccc(Cl)cc2Cl)c(=O)[nH]1. The number of hydrogen-bond donors (Lipinski definition) is 3. The van der Waals surface area contributed by atoms with Crippen molar-refractivity contribution in [3.8, 4) is 5.75 Å². The molecule has 1 amide bonds. The standard InChI is InChI=1S/C13H10Cl2N2O3/c1-6-4-10(18)11(12(19)16-6)13(20)17-9-3-2-7(14)5-8(9)15/h2-5H,1H3,(H,17,20)(H2,16,18,19). The quantitative estimate of drug-likeness (QED) is 0.797. The number of carbonyl (C=O) groups excluding carboxylic acids is 1. The molecule has 0 atom stereocenters. The van der Waals surface area contributed by atoms with Gasteiger partial charge in [0.15, 0.2) is 0 Å². The zero-order valence-electron chi connectivity index (χ0n) is 10.3. The molecular weight excluding hydrogens is 303 g/mol. The lowest BCUT2D eigenvalue weighted by molar-refractivity contribution is 0.102. The molecule has 104 valence electrons. The van der Waals surface area contributed by atoms with Crippen LogP contribution in [0, 0.1) is 6.92 Å². The molecule has 0 fully saturated rings. The second-order valence-corrected chi connectivity index (χ2v) is 4.96. The third-order valence-corrected chi connectivity index (χ3v) is 3.10. The maximum atomic E-state index is 12.0. The fourth-order valence-electron chi connectivity index (χ4n) is 1.67. The molecule has 1 aromatic carbocycles. The van der Waals surface area contributed by atoms with E-state index in [9.17, 15) is 14.7 Å². The van der Waals surface area contributed by atoms with Gasteiger partial charge in [-0.25, -0.2) is 0 Å². The molecule has 0 aliphatic heterocycles. The third-order valence-electron chi connectivity index (χ3n) is 2.55. The van der Waals surface area contributed by atoms with Gasteiger partial charge in [0, 0.05) is 10.7 Å². The van der Waals surface area contributed by atoms with E-state index in [1.54, 1.807) is 13.0 Å². The van der Waals surface area contributed by atoms with E-state index in [0.29, 0.717) is 16.4 Å². The predicted octanol–water partition coefficient (Wildman–Crippen LogP) is 2.95. The van der Waals surface area contributed by atoms with Gasteiger partial charge in [-0.2, -0.15) is 0 Å². The Hall–Kier alpha value is -1.98. The predicted molar refractivity (Wildman–Crippen MR) is 77.9 cm³/mol. The molecule has 3 N–H and O–H groups in total. The molecule has 20 heavy (non-hydrogen) atoms. The lowest BCUT2D eigenvalue weighted by atomic mass is 10.2. The summed E-state index contributed by atoms with van der Waals surface area (Å²) in [5.41, 5.74) is -0.305. The molecule has 0 bridgehead atoms. The Morgan fingerprint density at radius 1 is 1.30 bits per heavy atom. The first-order valence-electron chi connectivity index (χ1n) is 5.58. The summed E-state index contributed by atoms with van der Waals surface area (Å²) in [7, 11) is 0. The van der Waals surface area contributed by atoms with Gasteiger partial charge >= 0.3 is 0 Å². The highest BCUT2D eigenvalue weighted by molar-refractivity contribution is 6.36. The van der Waals surface area contributed by atoms with Gasteiger partial charge in [0.25, 0.3) is 11.5 Å². The van der Waals surface area contributed by atoms with Crippen LogP contribution in [0.3, 0.4) is 0 Å². The van der Waals surface area contributed by atoms with Gasteiger partial charge in [-0.15, -0.1) is 0 Å². The third kappa shape index (κ3) is 2.95. The summed E-state index contributed by atoms with van der Waals surface area (Å²) in [5, 5.41) is 12.8. The molecule has 0 saturated heterocycles. The molecule has 0 radical (unpaired) electrons. The summed E-state index contributed by atoms with van der Waals surface area (Å²) in [5.74, 6) is -1.15. The zero-order valence-corrected chi connectivity index (χ0v) is 11.8. The summed E-state index contributed by atoms with van der Waals surface area (Å²) in [6, 6.07) is 5.79. The summed E-state index contributed by atoms with van der Waals surface area (Å²) in [6.07, 6.45) is 0. The van der Waals surface area contributed by atoms with Gasteiger partial charge in [-0.1, -0.05) is 23.2 Å². The smallest absolute Gasteiger partial charge is 0.265 e. The number of pyridine rings is 1. The van der Waals surface area contributed by atoms with Crippen molar-refractivity contribution in [2.24, 2.45) is 0 Å². The molecule has 0 saturated carbocycles. The van der Waals surface area contributed by atoms with Crippen LogP contribution in [-0.4, -0.2) is 16.0 Å². The van der Waals surface area contributed by atoms with Crippen LogP contribution in [-0.2, 0) is 0 Å². The number of aromatic amines is 1. The highest BCUT2D eigenvalue weighted by Gasteiger charge is 2.17. The minimum atomic E-state index is -0.757. The molecular formula is C13H10Cl2N2O3. The van der Waals surface area contributed by atoms with E-state index >= 15 is 0 Å². The van der Waals surface area contributed by atoms with Crippen LogP contribution < -0.4 is 10.9 Å². The Balaban J connectivity index is 2.36. The Morgan fingerprint density at radius 2 is 2.00 bits per heavy atom. The van der Waals surface area contributed by atoms with Crippen LogP contribution in [0.25, 0.3) is 0 Å². The molecule has 2 rings (SSSR count). The lowest BCUT2D eigenvalue weighted by Crippen LogP contribution is -2.23. The monoisotopic (exact) mass is 312 g/mol. The second-order valence-electron chi connectivity index (χ2n) is 4.12. The normalized spacial score (nSPS) is 10.3. The molecule has 1 aromatic heterocycles. The van der Waals surface area contributed by atoms with Gasteiger partial charge in [0.2, 0.25) is 0 Å². The number of hydrogen-bond acceptors (Lipinski definition) is 3. The highest BCUT2D eigenvalue weighted by atomic mass is 35.5. The number of aromatic hydroxyl groups is 1. The fourth-order valence-corrected chi connectivity index (χ4v) is 2.12. The van der Waals surface area contributed by atoms with Gasteiger partial charge in [-0.3, -0.25) is 9.59 Å². The van der Waals surface area contributed by atoms with Crippen molar-refractivity contribution in [2.75, 3.05) is 5.32 Å². The Kier molecular flexibility index (Phi) is 4.01. The van der Waals surface area contributed by atoms with Crippen molar-refractivity contribution in [2.45, 2.75) is 6.92 Å². The minimum Gasteiger partial charge on any atom is -0.507 e. The van der Waals surface area contributed by atoms with E-state index in [0.717, 1.165) is 0 Å². The fraction of sp³-hybridized carbons (Fsp3) is 0.0769. The molecule has 0 spiro atoms. The van der Waals surface area contributed by atoms with Gasteiger partial charge in [0.05, 0.1) is 10.7 Å². The van der Waals surface area contributed by atoms with Crippen molar-refractivity contribution in [3.63, 3.8) is 0 Å². The number of anilines is 1. The van der Waals surface area contributed by atoms with Crippen LogP contribution in [0.1, 0.15) is 16.1 Å². The number of H-pyrrole nitrogens is 1. The van der Waals surface area contributed by atoms with Crippen LogP contribution in [0.15, 0.2) is 29.1 Å². The van der Waals surface area contributed by atoms with E-state index in [1.807, 2.05) is 0 Å². The van der Waals surface area contributed by atoms with Gasteiger partial charge < -0.3 is 15.4 Å². The summed E-state index contributed by atoms with van der Waals surface area (Å²) in [4.78, 5) is 26.2. The average molecular weight is 313 g/mol. The number of amides is 1. The van der Waals surface area contributed by atoms with E-state index in [4.69, 9.17) is 23.2 Å². The van der Waals surface area contributed by atoms with E-state index in [2.05, 4.69) is 10.3 Å². The molecule has 5 nitrogen and oxygen atoms in total. The molecule has 0 aliphatic carbocycles. The maximum Gasteiger partial charge on any atom is 0.265 e. The van der Waals surface area contributed by atoms with Gasteiger partial charge in [0.1, 0.15) is 11.3 Å². The average Bonchev–Trinajstić information content (AvgIpc) is 2.31. The van der Waals surface area contributed by atoms with Crippen LogP contribution >= 0.6 is 23.2 Å². The van der Waals surface area contributed by atoms with Crippen molar-refractivity contribution in [1.82, 2.24) is 4.98 Å². The number of aromatic nitrogens is 1. The molecule has 2 aromatic rings. The second kappa shape index (κ2) is 5.56. The number of aryl methyl sites for hydroxylation is 1. The van der Waals surface area contributed by atoms with Crippen molar-refractivity contribution in [3.05, 3.63) is 55.9 Å². The molecule has 1 heterocycles. The van der Waals surface area contributed by atoms with Crippen molar-refractivity contribution in [1.29, 1.82) is 0 Å². The first-order chi connectivity index (χ1) is 9.38. The Bertz CT molecular complexity index is 741. The van der Waals surface area contributed by atoms with Crippen LogP contribution in [0.2, 0.25) is 10.0 Å². The first-order valence-corrected chi connectivity index (χ1v) is 6.33. The van der Waals surface area contributed by atoms with E-state index in [1.165, 1.54) is 18.2 Å². The summed E-state index contributed by atoms with van der Waals surface area (Å²) in [6.45, 7) is 1.60. The Labute approximate surface area is 124 Å². The zero-order chi connectivity index (χ0) is 14.9. The highest BCUT2D eigenvalue weighted by Crippen LogP contribution is 2.26. The largest absolute Gasteiger partial charge is 0.507 e. The molecule has 0 unspecified atom stereocenters. The van der Waals surface area contributed by atoms with Crippen LogP contribution in [0.4, 0.5) is 5.69 Å². The number of nitrogens with one attached hydrogen (secondary N) is 2. The molecule has 7 heteroatoms. The lowest BCUT2D eigenvalue weighted by Gasteiger charge is -2.08. The summed E-state index contributed by atoms with van der Waals surface area (Å²) >= 11 is 11.7. The number of carbonyl (C=O) groups is 1. The van der Waals surface area contributed by atoms with E-state index in [-0.39, 0.29) is 10.6 Å². The number of rotatable bonds is 2. The number of halogens is 2. The van der Waals surface area contributed by atoms with Crippen LogP contribution in [0.5, 0.6) is 5.75 Å². The topological polar surface area (TPSA) is 82.2 Å². The van der Waals surface area contributed by atoms with E-state index < -0.39 is 17.2 Å². The Morgan fingerprint density at radius 3 is 2.60 bits per heavy atom. The van der Waals surface area contributed by atoms with Crippen molar-refractivity contribution < 1.29 is 9.90 Å². The van der Waals surface area contributed by atoms with Gasteiger partial charge in [-0.05, 0) is 31.2 Å². The maximum absolute atomic E-state index is 12.0. The van der Waals surface area contributed by atoms with Crippen molar-refractivity contribution >= 4 is 34.8 Å². The molecule has 0 aliphatic rings.